The summed E-state index contributed by atoms with van der Waals surface area (Å²) in [6, 6.07) is 0. The molecule has 4 nitrogen and oxygen atoms in total. The van der Waals surface area contributed by atoms with Crippen molar-refractivity contribution >= 4 is 0 Å². The van der Waals surface area contributed by atoms with Gasteiger partial charge in [0.2, 0.25) is 5.79 Å². The molecular weight excluding hydrogens is 244 g/mol. The van der Waals surface area contributed by atoms with E-state index in [1.807, 2.05) is 6.92 Å². The van der Waals surface area contributed by atoms with E-state index < -0.39 is 11.9 Å². The van der Waals surface area contributed by atoms with Gasteiger partial charge in [0.15, 0.2) is 0 Å². The highest BCUT2D eigenvalue weighted by Gasteiger charge is 2.42. The zero-order valence-corrected chi connectivity index (χ0v) is 11.7. The molecule has 1 aliphatic heterocycles. The fraction of sp³-hybridized carbons (Fsp3) is 0.733. The molecule has 0 radical (unpaired) electrons. The fourth-order valence-corrected chi connectivity index (χ4v) is 2.48. The van der Waals surface area contributed by atoms with E-state index >= 15 is 0 Å². The minimum Gasteiger partial charge on any atom is -0.389 e. The third-order valence-electron chi connectivity index (χ3n) is 3.94. The van der Waals surface area contributed by atoms with Gasteiger partial charge in [-0.3, -0.25) is 0 Å². The SMILES string of the molecule is C=C(C)C(O)CCC(=C)C1COC2(CCCC2)OO1. The highest BCUT2D eigenvalue weighted by molar-refractivity contribution is 5.06. The summed E-state index contributed by atoms with van der Waals surface area (Å²) in [6.45, 7) is 10.0. The summed E-state index contributed by atoms with van der Waals surface area (Å²) in [4.78, 5) is 10.9. The third kappa shape index (κ3) is 3.66. The number of aliphatic hydroxyl groups excluding tert-OH is 1. The maximum atomic E-state index is 9.70. The van der Waals surface area contributed by atoms with Crippen LogP contribution in [-0.2, 0) is 14.5 Å². The Morgan fingerprint density at radius 1 is 1.37 bits per heavy atom. The summed E-state index contributed by atoms with van der Waals surface area (Å²) in [5, 5.41) is 9.70. The summed E-state index contributed by atoms with van der Waals surface area (Å²) in [5.74, 6) is -0.506. The van der Waals surface area contributed by atoms with Crippen molar-refractivity contribution in [3.63, 3.8) is 0 Å². The lowest BCUT2D eigenvalue weighted by molar-refractivity contribution is -0.479. The zero-order valence-electron chi connectivity index (χ0n) is 11.7. The largest absolute Gasteiger partial charge is 0.389 e. The Labute approximate surface area is 115 Å². The standard InChI is InChI=1S/C15H24O4/c1-11(2)13(16)7-6-12(3)14-10-17-15(19-18-14)8-4-5-9-15/h13-14,16H,1,3-10H2,2H3. The fourth-order valence-electron chi connectivity index (χ4n) is 2.48. The lowest BCUT2D eigenvalue weighted by Crippen LogP contribution is -2.43. The molecule has 1 N–H and O–H groups in total. The second kappa shape index (κ2) is 6.18. The molecule has 0 bridgehead atoms. The topological polar surface area (TPSA) is 47.9 Å². The Hall–Kier alpha value is -0.680. The Balaban J connectivity index is 1.74. The maximum Gasteiger partial charge on any atom is 0.201 e. The predicted molar refractivity (Wildman–Crippen MR) is 72.3 cm³/mol. The molecule has 4 heteroatoms. The molecule has 1 aliphatic carbocycles. The molecule has 2 rings (SSSR count). The van der Waals surface area contributed by atoms with Crippen LogP contribution < -0.4 is 0 Å². The third-order valence-corrected chi connectivity index (χ3v) is 3.94. The zero-order chi connectivity index (χ0) is 13.9. The molecule has 0 aromatic rings. The van der Waals surface area contributed by atoms with E-state index in [9.17, 15) is 5.11 Å². The molecule has 1 heterocycles. The first-order valence-electron chi connectivity index (χ1n) is 7.02. The van der Waals surface area contributed by atoms with E-state index in [-0.39, 0.29) is 6.10 Å². The van der Waals surface area contributed by atoms with Gasteiger partial charge in [-0.25, -0.2) is 9.78 Å². The summed E-state index contributed by atoms with van der Waals surface area (Å²) in [6.07, 6.45) is 4.63. The molecular formula is C15H24O4. The number of rotatable bonds is 5. The van der Waals surface area contributed by atoms with Crippen LogP contribution in [0.4, 0.5) is 0 Å². The van der Waals surface area contributed by atoms with E-state index in [1.165, 1.54) is 0 Å². The van der Waals surface area contributed by atoms with Crippen molar-refractivity contribution in [3.05, 3.63) is 24.3 Å². The molecule has 108 valence electrons. The van der Waals surface area contributed by atoms with Crippen LogP contribution >= 0.6 is 0 Å². The van der Waals surface area contributed by atoms with Gasteiger partial charge in [0, 0.05) is 12.8 Å². The highest BCUT2D eigenvalue weighted by atomic mass is 17.2. The highest BCUT2D eigenvalue weighted by Crippen LogP contribution is 2.38. The van der Waals surface area contributed by atoms with Gasteiger partial charge < -0.3 is 9.84 Å². The van der Waals surface area contributed by atoms with Crippen LogP contribution in [0.5, 0.6) is 0 Å². The van der Waals surface area contributed by atoms with Gasteiger partial charge in [0.25, 0.3) is 0 Å². The first-order chi connectivity index (χ1) is 9.02. The van der Waals surface area contributed by atoms with Crippen molar-refractivity contribution in [2.75, 3.05) is 6.61 Å². The van der Waals surface area contributed by atoms with Gasteiger partial charge in [0.1, 0.15) is 6.10 Å². The Bertz CT molecular complexity index is 334. The quantitative estimate of drug-likeness (QED) is 0.615. The van der Waals surface area contributed by atoms with E-state index in [0.29, 0.717) is 19.4 Å². The van der Waals surface area contributed by atoms with Crippen molar-refractivity contribution in [2.24, 2.45) is 0 Å². The van der Waals surface area contributed by atoms with Crippen molar-refractivity contribution < 1.29 is 19.6 Å². The minimum absolute atomic E-state index is 0.233. The van der Waals surface area contributed by atoms with E-state index in [4.69, 9.17) is 14.5 Å². The molecule has 2 atom stereocenters. The molecule has 0 amide bonds. The van der Waals surface area contributed by atoms with Gasteiger partial charge in [-0.2, -0.15) is 0 Å². The summed E-state index contributed by atoms with van der Waals surface area (Å²) in [7, 11) is 0. The Kier molecular flexibility index (Phi) is 4.79. The second-order valence-corrected chi connectivity index (χ2v) is 5.66. The predicted octanol–water partition coefficient (Wildman–Crippen LogP) is 2.88. The van der Waals surface area contributed by atoms with E-state index in [0.717, 1.165) is 36.8 Å². The normalized spacial score (nSPS) is 27.4. The average Bonchev–Trinajstić information content (AvgIpc) is 2.84. The van der Waals surface area contributed by atoms with Gasteiger partial charge >= 0.3 is 0 Å². The average molecular weight is 268 g/mol. The molecule has 1 saturated heterocycles. The summed E-state index contributed by atoms with van der Waals surface area (Å²) in [5.41, 5.74) is 1.67. The first-order valence-corrected chi connectivity index (χ1v) is 7.02. The summed E-state index contributed by atoms with van der Waals surface area (Å²) >= 11 is 0. The molecule has 0 aromatic heterocycles. The van der Waals surface area contributed by atoms with E-state index in [1.54, 1.807) is 0 Å². The van der Waals surface area contributed by atoms with Crippen LogP contribution in [0.15, 0.2) is 24.3 Å². The van der Waals surface area contributed by atoms with Gasteiger partial charge in [-0.05, 0) is 38.2 Å². The number of ether oxygens (including phenoxy) is 1. The molecule has 2 fully saturated rings. The van der Waals surface area contributed by atoms with Crippen molar-refractivity contribution in [1.82, 2.24) is 0 Å². The smallest absolute Gasteiger partial charge is 0.201 e. The van der Waals surface area contributed by atoms with Gasteiger partial charge in [-0.1, -0.05) is 18.7 Å². The van der Waals surface area contributed by atoms with Crippen molar-refractivity contribution in [1.29, 1.82) is 0 Å². The van der Waals surface area contributed by atoms with Crippen LogP contribution in [0.2, 0.25) is 0 Å². The monoisotopic (exact) mass is 268 g/mol. The first kappa shape index (κ1) is 14.7. The lowest BCUT2D eigenvalue weighted by atomic mass is 10.0. The van der Waals surface area contributed by atoms with Crippen molar-refractivity contribution in [3.8, 4) is 0 Å². The van der Waals surface area contributed by atoms with Crippen LogP contribution in [0.3, 0.4) is 0 Å². The van der Waals surface area contributed by atoms with Crippen LogP contribution in [-0.4, -0.2) is 29.7 Å². The number of hydrogen-bond donors (Lipinski definition) is 1. The Morgan fingerprint density at radius 2 is 2.05 bits per heavy atom. The Morgan fingerprint density at radius 3 is 2.58 bits per heavy atom. The molecule has 19 heavy (non-hydrogen) atoms. The van der Waals surface area contributed by atoms with Crippen molar-refractivity contribution in [2.45, 2.75) is 63.4 Å². The van der Waals surface area contributed by atoms with Gasteiger partial charge in [-0.15, -0.1) is 0 Å². The minimum atomic E-state index is -0.506. The lowest BCUT2D eigenvalue weighted by Gasteiger charge is -2.36. The maximum absolute atomic E-state index is 9.70. The molecule has 0 aromatic carbocycles. The molecule has 2 aliphatic rings. The molecule has 1 saturated carbocycles. The molecule has 2 unspecified atom stereocenters. The number of aliphatic hydroxyl groups is 1. The van der Waals surface area contributed by atoms with Crippen LogP contribution in [0, 0.1) is 0 Å². The van der Waals surface area contributed by atoms with E-state index in [2.05, 4.69) is 13.2 Å². The number of hydrogen-bond acceptors (Lipinski definition) is 4. The van der Waals surface area contributed by atoms with Crippen LogP contribution in [0.1, 0.15) is 45.4 Å². The molecule has 1 spiro atoms. The van der Waals surface area contributed by atoms with Gasteiger partial charge in [0.05, 0.1) is 12.7 Å². The second-order valence-electron chi connectivity index (χ2n) is 5.66. The van der Waals surface area contributed by atoms with Crippen LogP contribution in [0.25, 0.3) is 0 Å². The summed E-state index contributed by atoms with van der Waals surface area (Å²) < 4.78 is 5.83.